The van der Waals surface area contributed by atoms with Crippen molar-refractivity contribution in [3.63, 3.8) is 0 Å². The fraction of sp³-hybridized carbons (Fsp3) is 0.143. The largest absolute Gasteiger partial charge is 0.412 e. The van der Waals surface area contributed by atoms with E-state index in [9.17, 15) is 14.9 Å². The monoisotopic (exact) mass is 231 g/mol. The number of rotatable bonds is 2. The zero-order valence-corrected chi connectivity index (χ0v) is 8.32. The van der Waals surface area contributed by atoms with Crippen molar-refractivity contribution in [1.29, 1.82) is 0 Å². The molecule has 8 heteroatoms. The molecule has 1 rings (SSSR count). The second kappa shape index (κ2) is 4.56. The van der Waals surface area contributed by atoms with Gasteiger partial charge < -0.3 is 10.1 Å². The summed E-state index contributed by atoms with van der Waals surface area (Å²) in [6.45, 7) is 0. The van der Waals surface area contributed by atoms with E-state index in [2.05, 4.69) is 15.0 Å². The van der Waals surface area contributed by atoms with Crippen LogP contribution in [0.4, 0.5) is 10.5 Å². The van der Waals surface area contributed by atoms with Gasteiger partial charge in [0.2, 0.25) is 0 Å². The number of ether oxygens (including phenoxy) is 1. The molecule has 1 N–H and O–H groups in total. The van der Waals surface area contributed by atoms with Crippen LogP contribution in [0.5, 0.6) is 5.75 Å². The van der Waals surface area contributed by atoms with Crippen molar-refractivity contribution in [2.75, 3.05) is 7.05 Å². The van der Waals surface area contributed by atoms with Crippen molar-refractivity contribution in [2.24, 2.45) is 0 Å². The average Bonchev–Trinajstić information content (AvgIpc) is 2.20. The highest BCUT2D eigenvalue weighted by molar-refractivity contribution is 6.31. The number of hydrogen-bond acceptors (Lipinski definition) is 5. The Hall–Kier alpha value is -1.89. The molecule has 0 saturated carbocycles. The maximum Gasteiger partial charge on any atom is 0.412 e. The summed E-state index contributed by atoms with van der Waals surface area (Å²) in [5, 5.41) is 12.4. The summed E-state index contributed by atoms with van der Waals surface area (Å²) in [4.78, 5) is 24.1. The lowest BCUT2D eigenvalue weighted by molar-refractivity contribution is -0.385. The predicted octanol–water partition coefficient (Wildman–Crippen LogP) is 1.36. The van der Waals surface area contributed by atoms with Gasteiger partial charge in [0.15, 0.2) is 10.9 Å². The number of nitro groups is 1. The lowest BCUT2D eigenvalue weighted by Gasteiger charge is -2.03. The summed E-state index contributed by atoms with van der Waals surface area (Å²) in [6.07, 6.45) is 0.193. The van der Waals surface area contributed by atoms with E-state index in [4.69, 9.17) is 11.6 Å². The first-order valence-corrected chi connectivity index (χ1v) is 4.12. The predicted molar refractivity (Wildman–Crippen MR) is 51.0 cm³/mol. The van der Waals surface area contributed by atoms with Crippen molar-refractivity contribution in [3.8, 4) is 5.75 Å². The molecular formula is C7H6ClN3O4. The Labute approximate surface area is 89.2 Å². The first kappa shape index (κ1) is 11.2. The van der Waals surface area contributed by atoms with Gasteiger partial charge in [0, 0.05) is 7.05 Å². The van der Waals surface area contributed by atoms with Crippen molar-refractivity contribution in [3.05, 3.63) is 27.5 Å². The van der Waals surface area contributed by atoms with Crippen LogP contribution < -0.4 is 10.1 Å². The zero-order valence-electron chi connectivity index (χ0n) is 7.56. The Morgan fingerprint density at radius 1 is 1.73 bits per heavy atom. The lowest BCUT2D eigenvalue weighted by atomic mass is 10.4. The normalized spacial score (nSPS) is 9.47. The summed E-state index contributed by atoms with van der Waals surface area (Å²) in [6, 6.07) is 1.02. The molecular weight excluding hydrogens is 226 g/mol. The third-order valence-corrected chi connectivity index (χ3v) is 1.69. The second-order valence-electron chi connectivity index (χ2n) is 2.38. The van der Waals surface area contributed by atoms with Gasteiger partial charge in [0.25, 0.3) is 5.69 Å². The summed E-state index contributed by atoms with van der Waals surface area (Å²) in [7, 11) is 1.35. The molecule has 0 fully saturated rings. The Kier molecular flexibility index (Phi) is 3.40. The minimum Gasteiger partial charge on any atom is -0.407 e. The number of amides is 1. The number of carbonyl (C=O) groups excluding carboxylic acids is 1. The summed E-state index contributed by atoms with van der Waals surface area (Å²) < 4.78 is 4.64. The quantitative estimate of drug-likeness (QED) is 0.471. The van der Waals surface area contributed by atoms with Crippen LogP contribution in [-0.2, 0) is 0 Å². The molecule has 0 unspecified atom stereocenters. The molecule has 0 radical (unpaired) electrons. The summed E-state index contributed by atoms with van der Waals surface area (Å²) in [5.74, 6) is -0.162. The molecule has 0 aliphatic carbocycles. The maximum absolute atomic E-state index is 10.8. The molecule has 0 aliphatic rings. The van der Waals surface area contributed by atoms with Crippen LogP contribution in [0.25, 0.3) is 0 Å². The molecule has 1 amide bonds. The lowest BCUT2D eigenvalue weighted by Crippen LogP contribution is -2.22. The van der Waals surface area contributed by atoms with Crippen molar-refractivity contribution >= 4 is 23.4 Å². The first-order chi connectivity index (χ1) is 7.04. The van der Waals surface area contributed by atoms with Crippen molar-refractivity contribution in [2.45, 2.75) is 0 Å². The van der Waals surface area contributed by atoms with Crippen LogP contribution in [0.1, 0.15) is 0 Å². The fourth-order valence-corrected chi connectivity index (χ4v) is 0.882. The van der Waals surface area contributed by atoms with Crippen molar-refractivity contribution < 1.29 is 14.5 Å². The molecule has 0 spiro atoms. The molecule has 0 bridgehead atoms. The van der Waals surface area contributed by atoms with E-state index in [1.165, 1.54) is 7.05 Å². The number of hydrogen-bond donors (Lipinski definition) is 1. The average molecular weight is 232 g/mol. The molecule has 1 heterocycles. The Bertz CT molecular complexity index is 409. The molecule has 80 valence electrons. The van der Waals surface area contributed by atoms with E-state index in [-0.39, 0.29) is 16.6 Å². The zero-order chi connectivity index (χ0) is 11.4. The van der Waals surface area contributed by atoms with Gasteiger partial charge in [-0.15, -0.1) is 0 Å². The van der Waals surface area contributed by atoms with E-state index in [0.29, 0.717) is 0 Å². The molecule has 15 heavy (non-hydrogen) atoms. The number of carbonyl (C=O) groups is 1. The Morgan fingerprint density at radius 3 is 2.93 bits per heavy atom. The highest BCUT2D eigenvalue weighted by Crippen LogP contribution is 2.26. The third kappa shape index (κ3) is 2.78. The topological polar surface area (TPSA) is 94.4 Å². The van der Waals surface area contributed by atoms with Gasteiger partial charge in [-0.2, -0.15) is 0 Å². The molecule has 0 aliphatic heterocycles. The van der Waals surface area contributed by atoms with Gasteiger partial charge in [-0.25, -0.2) is 9.78 Å². The van der Waals surface area contributed by atoms with Gasteiger partial charge in [0.05, 0.1) is 11.0 Å². The Balaban J connectivity index is 3.00. The van der Waals surface area contributed by atoms with Crippen LogP contribution in [0.3, 0.4) is 0 Å². The smallest absolute Gasteiger partial charge is 0.407 e. The molecule has 1 aromatic rings. The second-order valence-corrected chi connectivity index (χ2v) is 2.74. The molecule has 0 aromatic carbocycles. The van der Waals surface area contributed by atoms with Gasteiger partial charge in [0.1, 0.15) is 6.20 Å². The Morgan fingerprint density at radius 2 is 2.40 bits per heavy atom. The van der Waals surface area contributed by atoms with E-state index in [0.717, 1.165) is 12.3 Å². The van der Waals surface area contributed by atoms with Gasteiger partial charge in [-0.3, -0.25) is 10.1 Å². The van der Waals surface area contributed by atoms with E-state index in [1.807, 2.05) is 0 Å². The fourth-order valence-electron chi connectivity index (χ4n) is 0.740. The van der Waals surface area contributed by atoms with Crippen LogP contribution in [0, 0.1) is 10.1 Å². The van der Waals surface area contributed by atoms with Crippen LogP contribution >= 0.6 is 11.6 Å². The van der Waals surface area contributed by atoms with Crippen LogP contribution in [-0.4, -0.2) is 23.0 Å². The maximum atomic E-state index is 10.8. The third-order valence-electron chi connectivity index (χ3n) is 1.41. The highest BCUT2D eigenvalue weighted by atomic mass is 35.5. The number of pyridine rings is 1. The molecule has 0 atom stereocenters. The number of nitrogens with zero attached hydrogens (tertiary/aromatic N) is 2. The van der Waals surface area contributed by atoms with Gasteiger partial charge >= 0.3 is 6.09 Å². The standard InChI is InChI=1S/C7H6ClN3O4/c1-9-7(12)15-5-2-4(11(13)14)3-10-6(5)8/h2-3H,1H3,(H,9,12). The van der Waals surface area contributed by atoms with Gasteiger partial charge in [-0.1, -0.05) is 11.6 Å². The SMILES string of the molecule is CNC(=O)Oc1cc([N+](=O)[O-])cnc1Cl. The van der Waals surface area contributed by atoms with Crippen LogP contribution in [0.15, 0.2) is 12.3 Å². The van der Waals surface area contributed by atoms with E-state index >= 15 is 0 Å². The summed E-state index contributed by atoms with van der Waals surface area (Å²) in [5.41, 5.74) is -0.307. The molecule has 1 aromatic heterocycles. The molecule has 0 saturated heterocycles. The van der Waals surface area contributed by atoms with Crippen LogP contribution in [0.2, 0.25) is 5.15 Å². The number of halogens is 1. The highest BCUT2D eigenvalue weighted by Gasteiger charge is 2.14. The minimum atomic E-state index is -0.779. The van der Waals surface area contributed by atoms with E-state index < -0.39 is 11.0 Å². The number of nitrogens with one attached hydrogen (secondary N) is 1. The van der Waals surface area contributed by atoms with Gasteiger partial charge in [-0.05, 0) is 0 Å². The molecule has 7 nitrogen and oxygen atoms in total. The minimum absolute atomic E-state index is 0.121. The first-order valence-electron chi connectivity index (χ1n) is 3.74. The number of aromatic nitrogens is 1. The van der Waals surface area contributed by atoms with E-state index in [1.54, 1.807) is 0 Å². The summed E-state index contributed by atoms with van der Waals surface area (Å²) >= 11 is 5.56. The van der Waals surface area contributed by atoms with Crippen molar-refractivity contribution in [1.82, 2.24) is 10.3 Å².